The van der Waals surface area contributed by atoms with Gasteiger partial charge in [0, 0.05) is 30.1 Å². The molecule has 0 aliphatic heterocycles. The number of thioether (sulfide) groups is 1. The normalized spacial score (nSPS) is 10.8. The molecule has 4 nitrogen and oxygen atoms in total. The minimum atomic E-state index is 0.0371. The zero-order valence-corrected chi connectivity index (χ0v) is 14.9. The van der Waals surface area contributed by atoms with Crippen LogP contribution in [0.1, 0.15) is 0 Å². The van der Waals surface area contributed by atoms with Gasteiger partial charge in [-0.2, -0.15) is 0 Å². The van der Waals surface area contributed by atoms with E-state index in [2.05, 4.69) is 9.97 Å². The van der Waals surface area contributed by atoms with Crippen molar-refractivity contribution in [2.45, 2.75) is 5.03 Å². The highest BCUT2D eigenvalue weighted by Gasteiger charge is 2.13. The Bertz CT molecular complexity index is 884. The Labute approximate surface area is 149 Å². The number of carbonyl (C=O) groups is 1. The van der Waals surface area contributed by atoms with Gasteiger partial charge in [0.05, 0.1) is 11.3 Å². The zero-order chi connectivity index (χ0) is 17.1. The van der Waals surface area contributed by atoms with Gasteiger partial charge in [-0.3, -0.25) is 4.79 Å². The van der Waals surface area contributed by atoms with Gasteiger partial charge >= 0.3 is 0 Å². The Morgan fingerprint density at radius 3 is 2.58 bits per heavy atom. The molecule has 0 aliphatic carbocycles. The first-order chi connectivity index (χ1) is 11.5. The average molecular weight is 358 g/mol. The van der Waals surface area contributed by atoms with Crippen molar-refractivity contribution in [3.8, 4) is 11.4 Å². The molecule has 0 N–H and O–H groups in total. The van der Waals surface area contributed by atoms with E-state index in [0.717, 1.165) is 21.5 Å². The third kappa shape index (κ3) is 3.68. The van der Waals surface area contributed by atoms with Crippen LogP contribution in [0.2, 0.25) is 5.02 Å². The molecule has 0 spiro atoms. The molecule has 0 bridgehead atoms. The number of hydrogen-bond acceptors (Lipinski definition) is 4. The van der Waals surface area contributed by atoms with Gasteiger partial charge in [0.25, 0.3) is 0 Å². The van der Waals surface area contributed by atoms with Crippen LogP contribution in [0.25, 0.3) is 22.3 Å². The Hall–Kier alpha value is -2.11. The first-order valence-corrected chi connectivity index (χ1v) is 8.76. The molecule has 1 heterocycles. The van der Waals surface area contributed by atoms with Crippen LogP contribution < -0.4 is 0 Å². The Kier molecular flexibility index (Phi) is 5.02. The van der Waals surface area contributed by atoms with Crippen LogP contribution in [0.4, 0.5) is 0 Å². The summed E-state index contributed by atoms with van der Waals surface area (Å²) in [5.41, 5.74) is 1.75. The van der Waals surface area contributed by atoms with Crippen LogP contribution in [0.15, 0.2) is 53.6 Å². The van der Waals surface area contributed by atoms with Gasteiger partial charge in [0.1, 0.15) is 5.03 Å². The summed E-state index contributed by atoms with van der Waals surface area (Å²) in [5.74, 6) is 1.00. The quantitative estimate of drug-likeness (QED) is 0.520. The topological polar surface area (TPSA) is 46.1 Å². The number of nitrogens with zero attached hydrogens (tertiary/aromatic N) is 3. The number of carbonyl (C=O) groups excluding carboxylic acids is 1. The molecule has 0 fully saturated rings. The second-order valence-corrected chi connectivity index (χ2v) is 6.86. The van der Waals surface area contributed by atoms with Gasteiger partial charge in [-0.05, 0) is 18.2 Å². The highest BCUT2D eigenvalue weighted by atomic mass is 35.5. The fourth-order valence-corrected chi connectivity index (χ4v) is 3.32. The highest BCUT2D eigenvalue weighted by molar-refractivity contribution is 8.00. The number of hydrogen-bond donors (Lipinski definition) is 0. The van der Waals surface area contributed by atoms with Gasteiger partial charge in [0.15, 0.2) is 5.82 Å². The number of benzene rings is 2. The first-order valence-electron chi connectivity index (χ1n) is 7.40. The predicted octanol–water partition coefficient (Wildman–Crippen LogP) is 4.13. The van der Waals surface area contributed by atoms with E-state index >= 15 is 0 Å². The summed E-state index contributed by atoms with van der Waals surface area (Å²) in [6.07, 6.45) is 0. The van der Waals surface area contributed by atoms with E-state index in [-0.39, 0.29) is 5.91 Å². The molecule has 122 valence electrons. The molecule has 0 atom stereocenters. The highest BCUT2D eigenvalue weighted by Crippen LogP contribution is 2.30. The van der Waals surface area contributed by atoms with E-state index in [1.807, 2.05) is 48.5 Å². The molecule has 0 radical (unpaired) electrons. The number of amides is 1. The Balaban J connectivity index is 2.06. The van der Waals surface area contributed by atoms with Crippen molar-refractivity contribution in [1.82, 2.24) is 14.9 Å². The summed E-state index contributed by atoms with van der Waals surface area (Å²) in [4.78, 5) is 22.8. The van der Waals surface area contributed by atoms with E-state index in [4.69, 9.17) is 11.6 Å². The van der Waals surface area contributed by atoms with Gasteiger partial charge in [0.2, 0.25) is 5.91 Å². The number of rotatable bonds is 4. The molecule has 3 aromatic rings. The molecule has 3 rings (SSSR count). The van der Waals surface area contributed by atoms with Crippen molar-refractivity contribution >= 4 is 40.2 Å². The van der Waals surface area contributed by atoms with Crippen LogP contribution in [0, 0.1) is 0 Å². The largest absolute Gasteiger partial charge is 0.348 e. The third-order valence-corrected chi connectivity index (χ3v) is 4.70. The van der Waals surface area contributed by atoms with Crippen molar-refractivity contribution in [2.75, 3.05) is 19.8 Å². The standard InChI is InChI=1S/C18H16ClN3OS/c1-22(2)16(23)11-24-18-14-10-13(19)8-9-15(14)20-17(21-18)12-6-4-3-5-7-12/h3-10H,11H2,1-2H3. The van der Waals surface area contributed by atoms with Crippen LogP contribution in [0.3, 0.4) is 0 Å². The second kappa shape index (κ2) is 7.20. The Morgan fingerprint density at radius 2 is 1.88 bits per heavy atom. The molecule has 24 heavy (non-hydrogen) atoms. The Morgan fingerprint density at radius 1 is 1.12 bits per heavy atom. The summed E-state index contributed by atoms with van der Waals surface area (Å²) < 4.78 is 0. The molecular weight excluding hydrogens is 342 g/mol. The molecule has 0 aliphatic rings. The lowest BCUT2D eigenvalue weighted by Crippen LogP contribution is -2.23. The van der Waals surface area contributed by atoms with Gasteiger partial charge in [-0.25, -0.2) is 9.97 Å². The average Bonchev–Trinajstić information content (AvgIpc) is 2.60. The van der Waals surface area contributed by atoms with Crippen molar-refractivity contribution in [1.29, 1.82) is 0 Å². The summed E-state index contributed by atoms with van der Waals surface area (Å²) in [6, 6.07) is 15.3. The first kappa shape index (κ1) is 16.7. The van der Waals surface area contributed by atoms with Gasteiger partial charge in [-0.1, -0.05) is 53.7 Å². The van der Waals surface area contributed by atoms with Crippen LogP contribution >= 0.6 is 23.4 Å². The second-order valence-electron chi connectivity index (χ2n) is 5.46. The minimum absolute atomic E-state index is 0.0371. The molecular formula is C18H16ClN3OS. The fourth-order valence-electron chi connectivity index (χ4n) is 2.16. The summed E-state index contributed by atoms with van der Waals surface area (Å²) >= 11 is 7.52. The van der Waals surface area contributed by atoms with Crippen LogP contribution in [-0.2, 0) is 4.79 Å². The van der Waals surface area contributed by atoms with E-state index in [1.54, 1.807) is 19.0 Å². The molecule has 2 aromatic carbocycles. The summed E-state index contributed by atoms with van der Waals surface area (Å²) in [5, 5.41) is 2.25. The maximum absolute atomic E-state index is 11.9. The fraction of sp³-hybridized carbons (Fsp3) is 0.167. The predicted molar refractivity (Wildman–Crippen MR) is 99.4 cm³/mol. The van der Waals surface area contributed by atoms with Crippen molar-refractivity contribution in [3.05, 3.63) is 53.6 Å². The number of fused-ring (bicyclic) bond motifs is 1. The lowest BCUT2D eigenvalue weighted by Gasteiger charge is -2.11. The molecule has 1 aromatic heterocycles. The SMILES string of the molecule is CN(C)C(=O)CSc1nc(-c2ccccc2)nc2ccc(Cl)cc12. The maximum atomic E-state index is 11.9. The zero-order valence-electron chi connectivity index (χ0n) is 13.4. The van der Waals surface area contributed by atoms with Gasteiger partial charge in [-0.15, -0.1) is 0 Å². The summed E-state index contributed by atoms with van der Waals surface area (Å²) in [7, 11) is 3.49. The number of aromatic nitrogens is 2. The molecule has 0 unspecified atom stereocenters. The number of halogens is 1. The maximum Gasteiger partial charge on any atom is 0.232 e. The van der Waals surface area contributed by atoms with E-state index in [9.17, 15) is 4.79 Å². The monoisotopic (exact) mass is 357 g/mol. The molecule has 6 heteroatoms. The molecule has 0 saturated heterocycles. The van der Waals surface area contributed by atoms with Crippen LogP contribution in [-0.4, -0.2) is 40.6 Å². The van der Waals surface area contributed by atoms with E-state index in [1.165, 1.54) is 11.8 Å². The van der Waals surface area contributed by atoms with Crippen molar-refractivity contribution < 1.29 is 4.79 Å². The van der Waals surface area contributed by atoms with Crippen molar-refractivity contribution in [2.24, 2.45) is 0 Å². The van der Waals surface area contributed by atoms with Gasteiger partial charge < -0.3 is 4.90 Å². The van der Waals surface area contributed by atoms with Crippen molar-refractivity contribution in [3.63, 3.8) is 0 Å². The van der Waals surface area contributed by atoms with E-state index < -0.39 is 0 Å². The lowest BCUT2D eigenvalue weighted by atomic mass is 10.2. The third-order valence-electron chi connectivity index (χ3n) is 3.49. The van der Waals surface area contributed by atoms with E-state index in [0.29, 0.717) is 16.6 Å². The minimum Gasteiger partial charge on any atom is -0.348 e. The smallest absolute Gasteiger partial charge is 0.232 e. The summed E-state index contributed by atoms with van der Waals surface area (Å²) in [6.45, 7) is 0. The molecule has 0 saturated carbocycles. The molecule has 1 amide bonds. The lowest BCUT2D eigenvalue weighted by molar-refractivity contribution is -0.125. The van der Waals surface area contributed by atoms with Crippen LogP contribution in [0.5, 0.6) is 0 Å².